The zero-order chi connectivity index (χ0) is 13.4. The molecule has 1 aromatic carbocycles. The average molecular weight is 266 g/mol. The molecule has 1 aromatic rings. The molecule has 0 aromatic heterocycles. The van der Waals surface area contributed by atoms with Crippen LogP contribution in [-0.2, 0) is 4.79 Å². The van der Waals surface area contributed by atoms with Gasteiger partial charge in [-0.25, -0.2) is 4.39 Å². The molecule has 2 N–H and O–H groups in total. The molecule has 0 heterocycles. The molecule has 0 aliphatic carbocycles. The Morgan fingerprint density at radius 3 is 2.67 bits per heavy atom. The van der Waals surface area contributed by atoms with Crippen molar-refractivity contribution in [1.29, 1.82) is 0 Å². The lowest BCUT2D eigenvalue weighted by Gasteiger charge is -2.05. The SMILES string of the molecule is CCCNC(=S)NC(=O)C=Cc1ccc(F)cc1. The van der Waals surface area contributed by atoms with E-state index >= 15 is 0 Å². The molecule has 0 aliphatic heterocycles. The summed E-state index contributed by atoms with van der Waals surface area (Å²) in [6, 6.07) is 5.86. The predicted molar refractivity (Wildman–Crippen MR) is 74.5 cm³/mol. The molecule has 0 atom stereocenters. The molecule has 0 spiro atoms. The Balaban J connectivity index is 2.44. The highest BCUT2D eigenvalue weighted by Gasteiger charge is 1.99. The van der Waals surface area contributed by atoms with E-state index < -0.39 is 0 Å². The van der Waals surface area contributed by atoms with Crippen LogP contribution in [0, 0.1) is 5.82 Å². The summed E-state index contributed by atoms with van der Waals surface area (Å²) in [5.74, 6) is -0.616. The molecule has 0 bridgehead atoms. The molecule has 0 radical (unpaired) electrons. The molecule has 96 valence electrons. The number of carbonyl (C=O) groups excluding carboxylic acids is 1. The van der Waals surface area contributed by atoms with Gasteiger partial charge in [-0.05, 0) is 42.4 Å². The van der Waals surface area contributed by atoms with Crippen molar-refractivity contribution in [2.75, 3.05) is 6.54 Å². The van der Waals surface area contributed by atoms with Crippen LogP contribution >= 0.6 is 12.2 Å². The zero-order valence-corrected chi connectivity index (χ0v) is 10.9. The fourth-order valence-electron chi connectivity index (χ4n) is 1.18. The van der Waals surface area contributed by atoms with E-state index in [0.717, 1.165) is 18.5 Å². The van der Waals surface area contributed by atoms with Crippen molar-refractivity contribution in [2.45, 2.75) is 13.3 Å². The number of hydrogen-bond donors (Lipinski definition) is 2. The summed E-state index contributed by atoms with van der Waals surface area (Å²) in [6.07, 6.45) is 3.88. The van der Waals surface area contributed by atoms with E-state index in [0.29, 0.717) is 5.11 Å². The maximum atomic E-state index is 12.6. The van der Waals surface area contributed by atoms with E-state index in [-0.39, 0.29) is 11.7 Å². The third kappa shape index (κ3) is 5.54. The van der Waals surface area contributed by atoms with Crippen LogP contribution in [0.4, 0.5) is 4.39 Å². The summed E-state index contributed by atoms with van der Waals surface area (Å²) in [6.45, 7) is 2.73. The first-order chi connectivity index (χ1) is 8.61. The van der Waals surface area contributed by atoms with Gasteiger partial charge in [-0.2, -0.15) is 0 Å². The van der Waals surface area contributed by atoms with E-state index in [4.69, 9.17) is 12.2 Å². The summed E-state index contributed by atoms with van der Waals surface area (Å²) in [5.41, 5.74) is 0.749. The first-order valence-electron chi connectivity index (χ1n) is 5.64. The van der Waals surface area contributed by atoms with Gasteiger partial charge in [-0.15, -0.1) is 0 Å². The largest absolute Gasteiger partial charge is 0.362 e. The topological polar surface area (TPSA) is 41.1 Å². The fraction of sp³-hybridized carbons (Fsp3) is 0.231. The van der Waals surface area contributed by atoms with Crippen molar-refractivity contribution < 1.29 is 9.18 Å². The molecule has 1 amide bonds. The summed E-state index contributed by atoms with van der Waals surface area (Å²) < 4.78 is 12.6. The van der Waals surface area contributed by atoms with Gasteiger partial charge >= 0.3 is 0 Å². The van der Waals surface area contributed by atoms with Crippen molar-refractivity contribution in [2.24, 2.45) is 0 Å². The number of thiocarbonyl (C=S) groups is 1. The van der Waals surface area contributed by atoms with E-state index in [2.05, 4.69) is 10.6 Å². The van der Waals surface area contributed by atoms with Crippen molar-refractivity contribution >= 4 is 29.3 Å². The highest BCUT2D eigenvalue weighted by Crippen LogP contribution is 2.04. The average Bonchev–Trinajstić information content (AvgIpc) is 2.35. The first kappa shape index (κ1) is 14.3. The van der Waals surface area contributed by atoms with Crippen LogP contribution in [0.3, 0.4) is 0 Å². The van der Waals surface area contributed by atoms with Gasteiger partial charge < -0.3 is 5.32 Å². The minimum atomic E-state index is -0.312. The second kappa shape index (κ2) is 7.55. The van der Waals surface area contributed by atoms with Gasteiger partial charge in [0.05, 0.1) is 0 Å². The Hall–Kier alpha value is -1.75. The molecular formula is C13H15FN2OS. The number of hydrogen-bond acceptors (Lipinski definition) is 2. The number of benzene rings is 1. The fourth-order valence-corrected chi connectivity index (χ4v) is 1.38. The summed E-state index contributed by atoms with van der Waals surface area (Å²) in [4.78, 5) is 11.5. The van der Waals surface area contributed by atoms with Gasteiger partial charge in [-0.1, -0.05) is 19.1 Å². The van der Waals surface area contributed by atoms with Crippen LogP contribution < -0.4 is 10.6 Å². The Morgan fingerprint density at radius 2 is 2.06 bits per heavy atom. The Bertz CT molecular complexity index is 443. The lowest BCUT2D eigenvalue weighted by atomic mass is 10.2. The van der Waals surface area contributed by atoms with Crippen LogP contribution in [-0.4, -0.2) is 17.6 Å². The Labute approximate surface area is 111 Å². The van der Waals surface area contributed by atoms with E-state index in [1.54, 1.807) is 18.2 Å². The quantitative estimate of drug-likeness (QED) is 0.648. The smallest absolute Gasteiger partial charge is 0.250 e. The van der Waals surface area contributed by atoms with Crippen molar-refractivity contribution in [1.82, 2.24) is 10.6 Å². The molecule has 3 nitrogen and oxygen atoms in total. The van der Waals surface area contributed by atoms with Crippen LogP contribution in [0.2, 0.25) is 0 Å². The predicted octanol–water partition coefficient (Wildman–Crippen LogP) is 2.24. The molecule has 1 rings (SSSR count). The molecule has 0 unspecified atom stereocenters. The minimum Gasteiger partial charge on any atom is -0.362 e. The maximum absolute atomic E-state index is 12.6. The molecule has 0 saturated heterocycles. The van der Waals surface area contributed by atoms with Gasteiger partial charge in [0.1, 0.15) is 5.82 Å². The van der Waals surface area contributed by atoms with Gasteiger partial charge in [0.25, 0.3) is 0 Å². The first-order valence-corrected chi connectivity index (χ1v) is 6.05. The van der Waals surface area contributed by atoms with Crippen LogP contribution in [0.5, 0.6) is 0 Å². The lowest BCUT2D eigenvalue weighted by Crippen LogP contribution is -2.38. The van der Waals surface area contributed by atoms with Gasteiger partial charge in [0, 0.05) is 12.6 Å². The number of rotatable bonds is 4. The molecule has 18 heavy (non-hydrogen) atoms. The number of amides is 1. The number of carbonyl (C=O) groups is 1. The van der Waals surface area contributed by atoms with Crippen LogP contribution in [0.15, 0.2) is 30.3 Å². The Kier molecular flexibility index (Phi) is 6.00. The zero-order valence-electron chi connectivity index (χ0n) is 10.1. The van der Waals surface area contributed by atoms with Gasteiger partial charge in [0.2, 0.25) is 5.91 Å². The van der Waals surface area contributed by atoms with Crippen LogP contribution in [0.25, 0.3) is 6.08 Å². The lowest BCUT2D eigenvalue weighted by molar-refractivity contribution is -0.115. The third-order valence-corrected chi connectivity index (χ3v) is 2.32. The minimum absolute atomic E-state index is 0.304. The molecular weight excluding hydrogens is 251 g/mol. The van der Waals surface area contributed by atoms with E-state index in [1.165, 1.54) is 18.2 Å². The Morgan fingerprint density at radius 1 is 1.39 bits per heavy atom. The van der Waals surface area contributed by atoms with Gasteiger partial charge in [-0.3, -0.25) is 10.1 Å². The summed E-state index contributed by atoms with van der Waals surface area (Å²) in [7, 11) is 0. The standard InChI is InChI=1S/C13H15FN2OS/c1-2-9-15-13(18)16-12(17)8-5-10-3-6-11(14)7-4-10/h3-8H,2,9H2,1H3,(H2,15,16,17,18). The highest BCUT2D eigenvalue weighted by molar-refractivity contribution is 7.80. The summed E-state index contributed by atoms with van der Waals surface area (Å²) >= 11 is 4.92. The van der Waals surface area contributed by atoms with E-state index in [1.807, 2.05) is 6.92 Å². The second-order valence-electron chi connectivity index (χ2n) is 3.63. The van der Waals surface area contributed by atoms with Crippen molar-refractivity contribution in [3.8, 4) is 0 Å². The van der Waals surface area contributed by atoms with E-state index in [9.17, 15) is 9.18 Å². The van der Waals surface area contributed by atoms with Crippen molar-refractivity contribution in [3.05, 3.63) is 41.7 Å². The second-order valence-corrected chi connectivity index (χ2v) is 4.04. The normalized spacial score (nSPS) is 10.3. The highest BCUT2D eigenvalue weighted by atomic mass is 32.1. The van der Waals surface area contributed by atoms with Crippen molar-refractivity contribution in [3.63, 3.8) is 0 Å². The molecule has 0 saturated carbocycles. The molecule has 0 aliphatic rings. The summed E-state index contributed by atoms with van der Waals surface area (Å²) in [5, 5.41) is 5.71. The van der Waals surface area contributed by atoms with Gasteiger partial charge in [0.15, 0.2) is 5.11 Å². The maximum Gasteiger partial charge on any atom is 0.250 e. The molecule has 0 fully saturated rings. The van der Waals surface area contributed by atoms with Crippen LogP contribution in [0.1, 0.15) is 18.9 Å². The third-order valence-electron chi connectivity index (χ3n) is 2.07. The monoisotopic (exact) mass is 266 g/mol. The number of halogens is 1. The molecule has 5 heteroatoms. The number of nitrogens with one attached hydrogen (secondary N) is 2.